The number of amides is 1. The molecule has 0 bridgehead atoms. The summed E-state index contributed by atoms with van der Waals surface area (Å²) in [6, 6.07) is 3.42. The summed E-state index contributed by atoms with van der Waals surface area (Å²) in [5, 5.41) is 10.3. The first-order valence-electron chi connectivity index (χ1n) is 5.16. The third kappa shape index (κ3) is 3.16. The topological polar surface area (TPSA) is 84.1 Å². The molecule has 1 rings (SSSR count). The molecular formula is C10H17N5O. The predicted molar refractivity (Wildman–Crippen MR) is 62.4 cm³/mol. The summed E-state index contributed by atoms with van der Waals surface area (Å²) in [6.45, 7) is 1.47. The lowest BCUT2D eigenvalue weighted by Crippen LogP contribution is -2.24. The molecule has 6 nitrogen and oxygen atoms in total. The molecule has 88 valence electrons. The van der Waals surface area contributed by atoms with Gasteiger partial charge in [0.15, 0.2) is 11.5 Å². The van der Waals surface area contributed by atoms with Gasteiger partial charge in [-0.05, 0) is 25.1 Å². The molecule has 0 aliphatic carbocycles. The van der Waals surface area contributed by atoms with Crippen LogP contribution in [0.1, 0.15) is 16.9 Å². The highest BCUT2D eigenvalue weighted by Gasteiger charge is 2.07. The van der Waals surface area contributed by atoms with Crippen LogP contribution in [0.4, 0.5) is 5.82 Å². The second kappa shape index (κ2) is 6.02. The van der Waals surface area contributed by atoms with Crippen molar-refractivity contribution < 1.29 is 4.79 Å². The van der Waals surface area contributed by atoms with Gasteiger partial charge in [-0.25, -0.2) is 0 Å². The van der Waals surface area contributed by atoms with Crippen LogP contribution in [0.5, 0.6) is 0 Å². The van der Waals surface area contributed by atoms with Gasteiger partial charge in [0.05, 0.1) is 0 Å². The van der Waals surface area contributed by atoms with E-state index in [4.69, 9.17) is 5.73 Å². The molecule has 0 fully saturated rings. The molecule has 0 atom stereocenters. The number of carbonyl (C=O) groups excluding carboxylic acids is 1. The molecule has 3 N–H and O–H groups in total. The zero-order valence-electron chi connectivity index (χ0n) is 9.60. The minimum absolute atomic E-state index is 0.233. The normalized spacial score (nSPS) is 9.94. The number of anilines is 1. The van der Waals surface area contributed by atoms with E-state index in [0.29, 0.717) is 12.2 Å². The van der Waals surface area contributed by atoms with Gasteiger partial charge in [-0.1, -0.05) is 0 Å². The van der Waals surface area contributed by atoms with E-state index in [0.717, 1.165) is 18.8 Å². The Balaban J connectivity index is 2.67. The van der Waals surface area contributed by atoms with Crippen molar-refractivity contribution in [2.24, 2.45) is 5.73 Å². The smallest absolute Gasteiger partial charge is 0.271 e. The standard InChI is InChI=1S/C10H17N5O/c1-12-10(16)8-4-5-9(14-13-8)15(2)7-3-6-11/h4-5H,3,6-7,11H2,1-2H3,(H,12,16). The SMILES string of the molecule is CNC(=O)c1ccc(N(C)CCCN)nn1. The lowest BCUT2D eigenvalue weighted by molar-refractivity contribution is 0.0957. The van der Waals surface area contributed by atoms with Crippen LogP contribution in [-0.2, 0) is 0 Å². The minimum atomic E-state index is -0.233. The molecule has 0 aliphatic rings. The predicted octanol–water partition coefficient (Wildman–Crippen LogP) is -0.379. The first-order valence-corrected chi connectivity index (χ1v) is 5.16. The van der Waals surface area contributed by atoms with Crippen LogP contribution in [0, 0.1) is 0 Å². The van der Waals surface area contributed by atoms with E-state index in [2.05, 4.69) is 15.5 Å². The number of nitrogens with one attached hydrogen (secondary N) is 1. The summed E-state index contributed by atoms with van der Waals surface area (Å²) in [6.07, 6.45) is 0.898. The molecule has 0 radical (unpaired) electrons. The molecule has 0 saturated carbocycles. The number of hydrogen-bond donors (Lipinski definition) is 2. The maximum atomic E-state index is 11.2. The second-order valence-electron chi connectivity index (χ2n) is 3.42. The summed E-state index contributed by atoms with van der Waals surface area (Å²) in [4.78, 5) is 13.2. The van der Waals surface area contributed by atoms with Crippen molar-refractivity contribution >= 4 is 11.7 Å². The number of aromatic nitrogens is 2. The number of hydrogen-bond acceptors (Lipinski definition) is 5. The van der Waals surface area contributed by atoms with Crippen molar-refractivity contribution in [1.29, 1.82) is 0 Å². The van der Waals surface area contributed by atoms with Gasteiger partial charge in [0.2, 0.25) is 0 Å². The van der Waals surface area contributed by atoms with Gasteiger partial charge >= 0.3 is 0 Å². The van der Waals surface area contributed by atoms with E-state index < -0.39 is 0 Å². The van der Waals surface area contributed by atoms with Crippen molar-refractivity contribution in [2.75, 3.05) is 32.1 Å². The molecule has 1 aromatic heterocycles. The van der Waals surface area contributed by atoms with Gasteiger partial charge in [0.1, 0.15) is 0 Å². The van der Waals surface area contributed by atoms with Crippen LogP contribution in [0.3, 0.4) is 0 Å². The molecule has 6 heteroatoms. The van der Waals surface area contributed by atoms with Crippen molar-refractivity contribution in [2.45, 2.75) is 6.42 Å². The molecule has 0 aromatic carbocycles. The lowest BCUT2D eigenvalue weighted by atomic mass is 10.3. The largest absolute Gasteiger partial charge is 0.358 e. The van der Waals surface area contributed by atoms with Crippen LogP contribution >= 0.6 is 0 Å². The van der Waals surface area contributed by atoms with Crippen LogP contribution in [0.2, 0.25) is 0 Å². The third-order valence-corrected chi connectivity index (χ3v) is 2.20. The van der Waals surface area contributed by atoms with E-state index in [1.54, 1.807) is 19.2 Å². The van der Waals surface area contributed by atoms with Crippen LogP contribution in [0.25, 0.3) is 0 Å². The first-order chi connectivity index (χ1) is 7.69. The third-order valence-electron chi connectivity index (χ3n) is 2.20. The maximum absolute atomic E-state index is 11.2. The van der Waals surface area contributed by atoms with Gasteiger partial charge in [-0.3, -0.25) is 4.79 Å². The molecule has 1 aromatic rings. The van der Waals surface area contributed by atoms with Gasteiger partial charge in [0.25, 0.3) is 5.91 Å². The Bertz CT molecular complexity index is 338. The van der Waals surface area contributed by atoms with Gasteiger partial charge in [-0.2, -0.15) is 0 Å². The van der Waals surface area contributed by atoms with Crippen molar-refractivity contribution in [1.82, 2.24) is 15.5 Å². The van der Waals surface area contributed by atoms with Crippen molar-refractivity contribution in [3.63, 3.8) is 0 Å². The monoisotopic (exact) mass is 223 g/mol. The Morgan fingerprint density at radius 1 is 1.50 bits per heavy atom. The summed E-state index contributed by atoms with van der Waals surface area (Å²) in [5.74, 6) is 0.504. The Kier molecular flexibility index (Phi) is 4.65. The fourth-order valence-corrected chi connectivity index (χ4v) is 1.22. The second-order valence-corrected chi connectivity index (χ2v) is 3.42. The zero-order chi connectivity index (χ0) is 12.0. The minimum Gasteiger partial charge on any atom is -0.358 e. The molecule has 16 heavy (non-hydrogen) atoms. The Labute approximate surface area is 94.8 Å². The highest BCUT2D eigenvalue weighted by Crippen LogP contribution is 2.07. The van der Waals surface area contributed by atoms with Crippen molar-refractivity contribution in [3.8, 4) is 0 Å². The van der Waals surface area contributed by atoms with Gasteiger partial charge in [-0.15, -0.1) is 10.2 Å². The summed E-state index contributed by atoms with van der Waals surface area (Å²) >= 11 is 0. The van der Waals surface area contributed by atoms with E-state index in [1.807, 2.05) is 11.9 Å². The fraction of sp³-hybridized carbons (Fsp3) is 0.500. The number of rotatable bonds is 5. The number of carbonyl (C=O) groups is 1. The van der Waals surface area contributed by atoms with Crippen LogP contribution in [-0.4, -0.2) is 43.3 Å². The van der Waals surface area contributed by atoms with E-state index in [1.165, 1.54) is 0 Å². The molecule has 0 spiro atoms. The quantitative estimate of drug-likeness (QED) is 0.711. The molecule has 1 heterocycles. The highest BCUT2D eigenvalue weighted by atomic mass is 16.1. The Morgan fingerprint density at radius 2 is 2.25 bits per heavy atom. The fourth-order valence-electron chi connectivity index (χ4n) is 1.22. The lowest BCUT2D eigenvalue weighted by Gasteiger charge is -2.16. The molecule has 1 amide bonds. The highest BCUT2D eigenvalue weighted by molar-refractivity contribution is 5.91. The van der Waals surface area contributed by atoms with E-state index >= 15 is 0 Å². The molecule has 0 saturated heterocycles. The van der Waals surface area contributed by atoms with E-state index in [-0.39, 0.29) is 5.91 Å². The Hall–Kier alpha value is -1.69. The van der Waals surface area contributed by atoms with Crippen LogP contribution < -0.4 is 16.0 Å². The average Bonchev–Trinajstić information content (AvgIpc) is 2.35. The van der Waals surface area contributed by atoms with Crippen LogP contribution in [0.15, 0.2) is 12.1 Å². The summed E-state index contributed by atoms with van der Waals surface area (Å²) < 4.78 is 0. The molecular weight excluding hydrogens is 206 g/mol. The summed E-state index contributed by atoms with van der Waals surface area (Å²) in [7, 11) is 3.48. The summed E-state index contributed by atoms with van der Waals surface area (Å²) in [5.41, 5.74) is 5.74. The number of nitrogens with two attached hydrogens (primary N) is 1. The van der Waals surface area contributed by atoms with Gasteiger partial charge in [0, 0.05) is 20.6 Å². The molecule has 0 unspecified atom stereocenters. The number of nitrogens with zero attached hydrogens (tertiary/aromatic N) is 3. The zero-order valence-corrected chi connectivity index (χ0v) is 9.60. The maximum Gasteiger partial charge on any atom is 0.271 e. The average molecular weight is 223 g/mol. The van der Waals surface area contributed by atoms with Gasteiger partial charge < -0.3 is 16.0 Å². The first kappa shape index (κ1) is 12.4. The van der Waals surface area contributed by atoms with Crippen molar-refractivity contribution in [3.05, 3.63) is 17.8 Å². The molecule has 0 aliphatic heterocycles. The Morgan fingerprint density at radius 3 is 2.75 bits per heavy atom. The van der Waals surface area contributed by atoms with E-state index in [9.17, 15) is 4.79 Å².